The van der Waals surface area contributed by atoms with Crippen molar-refractivity contribution in [3.8, 4) is 0 Å². The van der Waals surface area contributed by atoms with Crippen molar-refractivity contribution in [1.82, 2.24) is 10.5 Å². The van der Waals surface area contributed by atoms with Gasteiger partial charge in [-0.3, -0.25) is 14.8 Å². The second-order valence-electron chi connectivity index (χ2n) is 5.55. The van der Waals surface area contributed by atoms with E-state index in [2.05, 4.69) is 5.10 Å². The molecule has 2 amide bonds. The van der Waals surface area contributed by atoms with Crippen LogP contribution in [0.15, 0.2) is 59.7 Å². The topological polar surface area (TPSA) is 82.0 Å². The number of hydrazone groups is 1. The number of carbonyl (C=O) groups is 2. The number of nitrogens with zero attached hydrogens (tertiary/aromatic N) is 2. The van der Waals surface area contributed by atoms with Gasteiger partial charge in [0.05, 0.1) is 12.3 Å². The number of benzene rings is 2. The van der Waals surface area contributed by atoms with Crippen molar-refractivity contribution in [3.63, 3.8) is 0 Å². The van der Waals surface area contributed by atoms with Gasteiger partial charge >= 0.3 is 0 Å². The van der Waals surface area contributed by atoms with E-state index in [0.29, 0.717) is 11.1 Å². The fourth-order valence-corrected chi connectivity index (χ4v) is 2.26. The number of hydrogen-bond acceptors (Lipinski definition) is 4. The number of hydroxylamine groups is 1. The molecule has 1 saturated carbocycles. The zero-order chi connectivity index (χ0) is 16.9. The fourth-order valence-electron chi connectivity index (χ4n) is 2.26. The lowest BCUT2D eigenvalue weighted by atomic mass is 10.1. The van der Waals surface area contributed by atoms with Gasteiger partial charge in [0.15, 0.2) is 0 Å². The molecule has 0 bridgehead atoms. The molecule has 0 radical (unpaired) electrons. The second kappa shape index (κ2) is 7.06. The van der Waals surface area contributed by atoms with Crippen molar-refractivity contribution in [2.24, 2.45) is 5.10 Å². The predicted molar refractivity (Wildman–Crippen MR) is 88.9 cm³/mol. The maximum absolute atomic E-state index is 12.6. The molecule has 24 heavy (non-hydrogen) atoms. The first-order valence-corrected chi connectivity index (χ1v) is 7.66. The Bertz CT molecular complexity index is 753. The van der Waals surface area contributed by atoms with Gasteiger partial charge in [-0.2, -0.15) is 5.10 Å². The molecular weight excluding hydrogens is 306 g/mol. The Morgan fingerprint density at radius 3 is 2.29 bits per heavy atom. The molecule has 0 heterocycles. The molecule has 2 aromatic carbocycles. The molecule has 0 spiro atoms. The quantitative estimate of drug-likeness (QED) is 0.504. The van der Waals surface area contributed by atoms with E-state index in [1.165, 1.54) is 5.01 Å². The number of rotatable bonds is 5. The van der Waals surface area contributed by atoms with E-state index in [4.69, 9.17) is 5.21 Å². The fraction of sp³-hybridized carbons (Fsp3) is 0.167. The van der Waals surface area contributed by atoms with Gasteiger partial charge in [0, 0.05) is 11.1 Å². The van der Waals surface area contributed by atoms with Crippen LogP contribution >= 0.6 is 0 Å². The summed E-state index contributed by atoms with van der Waals surface area (Å²) in [4.78, 5) is 23.8. The van der Waals surface area contributed by atoms with E-state index in [1.807, 2.05) is 18.2 Å². The second-order valence-corrected chi connectivity index (χ2v) is 5.55. The van der Waals surface area contributed by atoms with E-state index >= 15 is 0 Å². The smallest absolute Gasteiger partial charge is 0.274 e. The summed E-state index contributed by atoms with van der Waals surface area (Å²) in [5.74, 6) is -0.692. The minimum absolute atomic E-state index is 0.120. The molecule has 0 aromatic heterocycles. The Balaban J connectivity index is 1.75. The van der Waals surface area contributed by atoms with Gasteiger partial charge in [-0.15, -0.1) is 0 Å². The predicted octanol–water partition coefficient (Wildman–Crippen LogP) is 2.44. The molecule has 6 nitrogen and oxygen atoms in total. The number of nitrogens with one attached hydrogen (secondary N) is 1. The molecule has 2 N–H and O–H groups in total. The average Bonchev–Trinajstić information content (AvgIpc) is 3.47. The summed E-state index contributed by atoms with van der Waals surface area (Å²) in [6.45, 7) is 0. The maximum atomic E-state index is 12.6. The molecule has 1 aliphatic rings. The Hall–Kier alpha value is -2.99. The first-order valence-electron chi connectivity index (χ1n) is 7.66. The van der Waals surface area contributed by atoms with Crippen LogP contribution in [-0.2, 0) is 0 Å². The maximum Gasteiger partial charge on any atom is 0.274 e. The van der Waals surface area contributed by atoms with Gasteiger partial charge in [-0.25, -0.2) is 10.5 Å². The first kappa shape index (κ1) is 15.9. The summed E-state index contributed by atoms with van der Waals surface area (Å²) in [6.07, 6.45) is 3.50. The molecular formula is C18H17N3O3. The van der Waals surface area contributed by atoms with E-state index in [-0.39, 0.29) is 11.9 Å². The highest BCUT2D eigenvalue weighted by atomic mass is 16.5. The number of carbonyl (C=O) groups excluding carboxylic acids is 2. The van der Waals surface area contributed by atoms with Crippen molar-refractivity contribution < 1.29 is 14.8 Å². The lowest BCUT2D eigenvalue weighted by Crippen LogP contribution is -2.28. The summed E-state index contributed by atoms with van der Waals surface area (Å²) >= 11 is 0. The van der Waals surface area contributed by atoms with Gasteiger partial charge < -0.3 is 0 Å². The third kappa shape index (κ3) is 3.67. The summed E-state index contributed by atoms with van der Waals surface area (Å²) in [5.41, 5.74) is 3.29. The van der Waals surface area contributed by atoms with Crippen LogP contribution in [0.4, 0.5) is 0 Å². The van der Waals surface area contributed by atoms with Gasteiger partial charge in [-0.05, 0) is 42.7 Å². The van der Waals surface area contributed by atoms with Crippen molar-refractivity contribution in [2.75, 3.05) is 0 Å². The molecule has 3 rings (SSSR count). The van der Waals surface area contributed by atoms with Gasteiger partial charge in [0.1, 0.15) is 0 Å². The highest BCUT2D eigenvalue weighted by Crippen LogP contribution is 2.28. The van der Waals surface area contributed by atoms with Crippen molar-refractivity contribution in [3.05, 3.63) is 71.3 Å². The molecule has 0 atom stereocenters. The minimum atomic E-state index is -0.572. The van der Waals surface area contributed by atoms with E-state index in [9.17, 15) is 9.59 Å². The van der Waals surface area contributed by atoms with E-state index in [1.54, 1.807) is 48.1 Å². The van der Waals surface area contributed by atoms with E-state index < -0.39 is 5.91 Å². The normalized spacial score (nSPS) is 13.7. The van der Waals surface area contributed by atoms with E-state index in [0.717, 1.165) is 18.4 Å². The Labute approximate surface area is 139 Å². The molecule has 2 aromatic rings. The van der Waals surface area contributed by atoms with Crippen LogP contribution in [0.3, 0.4) is 0 Å². The molecule has 0 unspecified atom stereocenters. The zero-order valence-electron chi connectivity index (χ0n) is 12.9. The summed E-state index contributed by atoms with van der Waals surface area (Å²) < 4.78 is 0. The first-order chi connectivity index (χ1) is 11.7. The molecule has 6 heteroatoms. The molecule has 0 aliphatic heterocycles. The van der Waals surface area contributed by atoms with Crippen molar-refractivity contribution in [2.45, 2.75) is 18.9 Å². The minimum Gasteiger partial charge on any atom is -0.288 e. The van der Waals surface area contributed by atoms with Crippen LogP contribution in [0.25, 0.3) is 0 Å². The Kier molecular flexibility index (Phi) is 4.67. The third-order valence-electron chi connectivity index (χ3n) is 3.73. The largest absolute Gasteiger partial charge is 0.288 e. The molecule has 1 fully saturated rings. The summed E-state index contributed by atoms with van der Waals surface area (Å²) in [7, 11) is 0. The summed E-state index contributed by atoms with van der Waals surface area (Å²) in [5, 5.41) is 14.5. The van der Waals surface area contributed by atoms with Crippen molar-refractivity contribution >= 4 is 18.0 Å². The monoisotopic (exact) mass is 323 g/mol. The Morgan fingerprint density at radius 2 is 1.71 bits per heavy atom. The third-order valence-corrected chi connectivity index (χ3v) is 3.73. The lowest BCUT2D eigenvalue weighted by molar-refractivity contribution is 0.0705. The molecule has 1 aliphatic carbocycles. The summed E-state index contributed by atoms with van der Waals surface area (Å²) in [6, 6.07) is 15.8. The molecule has 0 saturated heterocycles. The van der Waals surface area contributed by atoms with Gasteiger partial charge in [-0.1, -0.05) is 30.3 Å². The average molecular weight is 323 g/mol. The highest BCUT2D eigenvalue weighted by Gasteiger charge is 2.33. The van der Waals surface area contributed by atoms with Crippen LogP contribution in [0, 0.1) is 0 Å². The molecule has 122 valence electrons. The van der Waals surface area contributed by atoms with Crippen LogP contribution in [0.2, 0.25) is 0 Å². The van der Waals surface area contributed by atoms with Crippen LogP contribution in [-0.4, -0.2) is 34.3 Å². The number of hydrogen-bond donors (Lipinski definition) is 2. The standard InChI is InChI=1S/C18H17N3O3/c22-17(20-24)14-8-6-13(7-9-14)12-19-21(16-10-11-16)18(23)15-4-2-1-3-5-15/h1-9,12,16,24H,10-11H2,(H,20,22). The SMILES string of the molecule is O=C(NO)c1ccc(C=NN(C(=O)c2ccccc2)C2CC2)cc1. The number of amides is 2. The van der Waals surface area contributed by atoms with Crippen LogP contribution < -0.4 is 5.48 Å². The van der Waals surface area contributed by atoms with Crippen LogP contribution in [0.5, 0.6) is 0 Å². The van der Waals surface area contributed by atoms with Crippen LogP contribution in [0.1, 0.15) is 39.1 Å². The lowest BCUT2D eigenvalue weighted by Gasteiger charge is -2.16. The van der Waals surface area contributed by atoms with Gasteiger partial charge in [0.25, 0.3) is 11.8 Å². The zero-order valence-corrected chi connectivity index (χ0v) is 12.9. The van der Waals surface area contributed by atoms with Gasteiger partial charge in [0.2, 0.25) is 0 Å². The van der Waals surface area contributed by atoms with Crippen molar-refractivity contribution in [1.29, 1.82) is 0 Å². The Morgan fingerprint density at radius 1 is 1.04 bits per heavy atom. The highest BCUT2D eigenvalue weighted by molar-refractivity contribution is 5.96.